The fraction of sp³-hybridized carbons (Fsp3) is 0.611. The molecular formula is C18H28F3IN4O2. The van der Waals surface area contributed by atoms with Crippen LogP contribution in [0.25, 0.3) is 0 Å². The van der Waals surface area contributed by atoms with Crippen molar-refractivity contribution in [2.45, 2.75) is 19.6 Å². The Labute approximate surface area is 180 Å². The van der Waals surface area contributed by atoms with Crippen LogP contribution >= 0.6 is 24.0 Å². The van der Waals surface area contributed by atoms with Crippen molar-refractivity contribution in [1.82, 2.24) is 15.5 Å². The lowest BCUT2D eigenvalue weighted by molar-refractivity contribution is -0.153. The molecule has 1 aromatic rings. The highest BCUT2D eigenvalue weighted by molar-refractivity contribution is 14.0. The Kier molecular flexibility index (Phi) is 11.5. The lowest BCUT2D eigenvalue weighted by Crippen LogP contribution is -2.44. The van der Waals surface area contributed by atoms with Crippen molar-refractivity contribution in [2.75, 3.05) is 52.5 Å². The molecule has 2 N–H and O–H groups in total. The van der Waals surface area contributed by atoms with Crippen LogP contribution in [0.5, 0.6) is 5.75 Å². The van der Waals surface area contributed by atoms with Crippen LogP contribution in [0.2, 0.25) is 0 Å². The highest BCUT2D eigenvalue weighted by Crippen LogP contribution is 2.19. The molecule has 1 heterocycles. The Hall–Kier alpha value is -1.27. The summed E-state index contributed by atoms with van der Waals surface area (Å²) in [6.07, 6.45) is -4.34. The fourth-order valence-corrected chi connectivity index (χ4v) is 2.53. The zero-order valence-electron chi connectivity index (χ0n) is 15.9. The van der Waals surface area contributed by atoms with Gasteiger partial charge in [-0.05, 0) is 24.6 Å². The SMILES string of the molecule is CCNC(=NCc1ccc(OCC(F)(F)F)cc1)NCCN1CCOCC1.I. The number of rotatable bonds is 8. The molecule has 0 unspecified atom stereocenters. The summed E-state index contributed by atoms with van der Waals surface area (Å²) < 4.78 is 46.5. The van der Waals surface area contributed by atoms with Crippen molar-refractivity contribution in [3.05, 3.63) is 29.8 Å². The number of guanidine groups is 1. The van der Waals surface area contributed by atoms with Crippen LogP contribution in [0.1, 0.15) is 12.5 Å². The van der Waals surface area contributed by atoms with E-state index in [9.17, 15) is 13.2 Å². The zero-order chi connectivity index (χ0) is 19.5. The van der Waals surface area contributed by atoms with Gasteiger partial charge in [0.15, 0.2) is 12.6 Å². The molecular weight excluding hydrogens is 488 g/mol. The van der Waals surface area contributed by atoms with E-state index in [1.807, 2.05) is 6.92 Å². The first kappa shape index (κ1) is 24.8. The van der Waals surface area contributed by atoms with Gasteiger partial charge in [-0.3, -0.25) is 4.90 Å². The number of hydrogen-bond acceptors (Lipinski definition) is 4. The fourth-order valence-electron chi connectivity index (χ4n) is 2.53. The zero-order valence-corrected chi connectivity index (χ0v) is 18.3. The Balaban J connectivity index is 0.00000392. The Bertz CT molecular complexity index is 579. The van der Waals surface area contributed by atoms with Gasteiger partial charge >= 0.3 is 6.18 Å². The molecule has 6 nitrogen and oxygen atoms in total. The van der Waals surface area contributed by atoms with Crippen molar-refractivity contribution in [3.63, 3.8) is 0 Å². The number of benzene rings is 1. The minimum Gasteiger partial charge on any atom is -0.484 e. The molecule has 2 rings (SSSR count). The van der Waals surface area contributed by atoms with Crippen molar-refractivity contribution >= 4 is 29.9 Å². The van der Waals surface area contributed by atoms with Crippen molar-refractivity contribution in [1.29, 1.82) is 0 Å². The molecule has 0 aromatic heterocycles. The van der Waals surface area contributed by atoms with Gasteiger partial charge in [-0.25, -0.2) is 4.99 Å². The average molecular weight is 516 g/mol. The van der Waals surface area contributed by atoms with E-state index in [0.717, 1.165) is 51.5 Å². The second kappa shape index (κ2) is 13.0. The van der Waals surface area contributed by atoms with E-state index in [0.29, 0.717) is 12.5 Å². The van der Waals surface area contributed by atoms with Gasteiger partial charge in [0, 0.05) is 32.7 Å². The first-order chi connectivity index (χ1) is 13.0. The van der Waals surface area contributed by atoms with E-state index in [1.165, 1.54) is 12.1 Å². The van der Waals surface area contributed by atoms with Crippen LogP contribution in [0.15, 0.2) is 29.3 Å². The summed E-state index contributed by atoms with van der Waals surface area (Å²) in [6, 6.07) is 6.48. The van der Waals surface area contributed by atoms with Gasteiger partial charge in [0.25, 0.3) is 0 Å². The van der Waals surface area contributed by atoms with Crippen LogP contribution in [0.4, 0.5) is 13.2 Å². The second-order valence-electron chi connectivity index (χ2n) is 6.12. The summed E-state index contributed by atoms with van der Waals surface area (Å²) in [5.41, 5.74) is 0.889. The van der Waals surface area contributed by atoms with Crippen molar-refractivity contribution in [2.24, 2.45) is 4.99 Å². The molecule has 28 heavy (non-hydrogen) atoms. The summed E-state index contributed by atoms with van der Waals surface area (Å²) in [4.78, 5) is 6.84. The van der Waals surface area contributed by atoms with Gasteiger partial charge in [0.05, 0.1) is 19.8 Å². The van der Waals surface area contributed by atoms with Crippen LogP contribution in [-0.4, -0.2) is 69.6 Å². The number of ether oxygens (including phenoxy) is 2. The highest BCUT2D eigenvalue weighted by Gasteiger charge is 2.28. The molecule has 1 fully saturated rings. The minimum absolute atomic E-state index is 0. The molecule has 1 aliphatic heterocycles. The van der Waals surface area contributed by atoms with E-state index in [-0.39, 0.29) is 29.7 Å². The number of halogens is 4. The summed E-state index contributed by atoms with van der Waals surface area (Å²) in [5, 5.41) is 6.48. The topological polar surface area (TPSA) is 58.1 Å². The maximum atomic E-state index is 12.2. The minimum atomic E-state index is -4.34. The molecule has 0 bridgehead atoms. The van der Waals surface area contributed by atoms with Gasteiger partial charge in [0.1, 0.15) is 5.75 Å². The Morgan fingerprint density at radius 3 is 2.46 bits per heavy atom. The Morgan fingerprint density at radius 1 is 1.18 bits per heavy atom. The first-order valence-electron chi connectivity index (χ1n) is 9.07. The van der Waals surface area contributed by atoms with E-state index in [4.69, 9.17) is 9.47 Å². The van der Waals surface area contributed by atoms with Crippen LogP contribution in [0.3, 0.4) is 0 Å². The first-order valence-corrected chi connectivity index (χ1v) is 9.07. The molecule has 1 saturated heterocycles. The molecule has 1 aromatic carbocycles. The maximum absolute atomic E-state index is 12.2. The van der Waals surface area contributed by atoms with Gasteiger partial charge in [-0.15, -0.1) is 24.0 Å². The van der Waals surface area contributed by atoms with E-state index >= 15 is 0 Å². The van der Waals surface area contributed by atoms with Crippen molar-refractivity contribution in [3.8, 4) is 5.75 Å². The van der Waals surface area contributed by atoms with E-state index in [1.54, 1.807) is 12.1 Å². The number of aliphatic imine (C=N–C) groups is 1. The number of nitrogens with one attached hydrogen (secondary N) is 2. The molecule has 0 spiro atoms. The quantitative estimate of drug-likeness (QED) is 0.316. The van der Waals surface area contributed by atoms with Gasteiger partial charge in [0.2, 0.25) is 0 Å². The van der Waals surface area contributed by atoms with E-state index < -0.39 is 12.8 Å². The molecule has 0 aliphatic carbocycles. The third-order valence-electron chi connectivity index (χ3n) is 3.91. The third-order valence-corrected chi connectivity index (χ3v) is 3.91. The standard InChI is InChI=1S/C18H27F3N4O2.HI/c1-2-22-17(23-7-8-25-9-11-26-12-10-25)24-13-15-3-5-16(6-4-15)27-14-18(19,20)21;/h3-6H,2,7-14H2,1H3,(H2,22,23,24);1H. The van der Waals surface area contributed by atoms with Crippen LogP contribution in [-0.2, 0) is 11.3 Å². The number of hydrogen-bond donors (Lipinski definition) is 2. The molecule has 160 valence electrons. The number of alkyl halides is 3. The molecule has 1 aliphatic rings. The predicted octanol–water partition coefficient (Wildman–Crippen LogP) is 2.63. The number of morpholine rings is 1. The second-order valence-corrected chi connectivity index (χ2v) is 6.12. The molecule has 0 radical (unpaired) electrons. The molecule has 10 heteroatoms. The summed E-state index contributed by atoms with van der Waals surface area (Å²) in [5.74, 6) is 0.902. The molecule has 0 saturated carbocycles. The largest absolute Gasteiger partial charge is 0.484 e. The molecule has 0 amide bonds. The van der Waals surface area contributed by atoms with Gasteiger partial charge < -0.3 is 20.1 Å². The maximum Gasteiger partial charge on any atom is 0.422 e. The molecule has 0 atom stereocenters. The normalized spacial score (nSPS) is 15.6. The lowest BCUT2D eigenvalue weighted by atomic mass is 10.2. The predicted molar refractivity (Wildman–Crippen MR) is 113 cm³/mol. The summed E-state index contributed by atoms with van der Waals surface area (Å²) in [7, 11) is 0. The van der Waals surface area contributed by atoms with E-state index in [2.05, 4.69) is 20.5 Å². The average Bonchev–Trinajstić information content (AvgIpc) is 2.65. The van der Waals surface area contributed by atoms with Crippen molar-refractivity contribution < 1.29 is 22.6 Å². The summed E-state index contributed by atoms with van der Waals surface area (Å²) in [6.45, 7) is 6.99. The monoisotopic (exact) mass is 516 g/mol. The lowest BCUT2D eigenvalue weighted by Gasteiger charge is -2.26. The third kappa shape index (κ3) is 10.3. The van der Waals surface area contributed by atoms with Gasteiger partial charge in [-0.2, -0.15) is 13.2 Å². The highest BCUT2D eigenvalue weighted by atomic mass is 127. The Morgan fingerprint density at radius 2 is 1.86 bits per heavy atom. The summed E-state index contributed by atoms with van der Waals surface area (Å²) >= 11 is 0. The van der Waals surface area contributed by atoms with Crippen LogP contribution < -0.4 is 15.4 Å². The smallest absolute Gasteiger partial charge is 0.422 e. The van der Waals surface area contributed by atoms with Crippen LogP contribution in [0, 0.1) is 0 Å². The number of nitrogens with zero attached hydrogens (tertiary/aromatic N) is 2. The van der Waals surface area contributed by atoms with Gasteiger partial charge in [-0.1, -0.05) is 12.1 Å².